The number of nitrogens with zero attached hydrogens (tertiary/aromatic N) is 2. The minimum atomic E-state index is -1.18. The van der Waals surface area contributed by atoms with E-state index < -0.39 is 17.5 Å². The van der Waals surface area contributed by atoms with Crippen molar-refractivity contribution in [1.29, 1.82) is 0 Å². The Labute approximate surface area is 180 Å². The molecule has 2 aromatic carbocycles. The number of aryl methyl sites for hydroxylation is 1. The number of carbonyl (C=O) groups excluding carboxylic acids is 3. The molecule has 0 saturated carbocycles. The summed E-state index contributed by atoms with van der Waals surface area (Å²) in [4.78, 5) is 43.2. The van der Waals surface area contributed by atoms with Crippen LogP contribution in [-0.4, -0.2) is 40.8 Å². The number of urea groups is 1. The smallest absolute Gasteiger partial charge is 0.325 e. The molecular formula is C24H24N4O3. The van der Waals surface area contributed by atoms with Gasteiger partial charge in [-0.1, -0.05) is 54.1 Å². The first-order chi connectivity index (χ1) is 14.9. The van der Waals surface area contributed by atoms with E-state index in [1.54, 1.807) is 13.1 Å². The summed E-state index contributed by atoms with van der Waals surface area (Å²) in [5.41, 5.74) is 2.49. The maximum absolute atomic E-state index is 13.0. The zero-order chi connectivity index (χ0) is 22.0. The largest absolute Gasteiger partial charge is 0.354 e. The molecule has 31 heavy (non-hydrogen) atoms. The second kappa shape index (κ2) is 8.18. The van der Waals surface area contributed by atoms with Crippen LogP contribution >= 0.6 is 0 Å². The molecule has 0 spiro atoms. The highest BCUT2D eigenvalue weighted by Gasteiger charge is 2.49. The Kier molecular flexibility index (Phi) is 5.42. The first kappa shape index (κ1) is 20.5. The van der Waals surface area contributed by atoms with E-state index in [-0.39, 0.29) is 12.5 Å². The Bertz CT molecular complexity index is 1150. The van der Waals surface area contributed by atoms with Gasteiger partial charge in [0.1, 0.15) is 12.1 Å². The van der Waals surface area contributed by atoms with Crippen LogP contribution in [-0.2, 0) is 21.5 Å². The molecule has 0 radical (unpaired) electrons. The van der Waals surface area contributed by atoms with Crippen LogP contribution < -0.4 is 10.6 Å². The molecule has 1 unspecified atom stereocenters. The van der Waals surface area contributed by atoms with Crippen molar-refractivity contribution in [2.45, 2.75) is 25.8 Å². The van der Waals surface area contributed by atoms with Crippen LogP contribution in [0.25, 0.3) is 10.9 Å². The fourth-order valence-electron chi connectivity index (χ4n) is 3.83. The van der Waals surface area contributed by atoms with Crippen LogP contribution in [0.3, 0.4) is 0 Å². The van der Waals surface area contributed by atoms with Crippen molar-refractivity contribution >= 4 is 28.7 Å². The van der Waals surface area contributed by atoms with E-state index in [1.807, 2.05) is 61.5 Å². The van der Waals surface area contributed by atoms with Gasteiger partial charge in [0, 0.05) is 18.1 Å². The van der Waals surface area contributed by atoms with E-state index >= 15 is 0 Å². The number of benzene rings is 2. The minimum absolute atomic E-state index is 0.320. The molecule has 4 rings (SSSR count). The van der Waals surface area contributed by atoms with Gasteiger partial charge in [0.25, 0.3) is 5.91 Å². The Morgan fingerprint density at radius 3 is 2.61 bits per heavy atom. The number of pyridine rings is 1. The van der Waals surface area contributed by atoms with E-state index in [0.29, 0.717) is 18.5 Å². The molecule has 1 saturated heterocycles. The molecule has 3 aromatic rings. The SMILES string of the molecule is Cc1ccc(C2(C)NC(=O)N(CC(=O)NCCc3cccc4cccnc34)C2=O)cc1. The molecule has 1 aromatic heterocycles. The van der Waals surface area contributed by atoms with Gasteiger partial charge in [-0.15, -0.1) is 0 Å². The Morgan fingerprint density at radius 1 is 1.10 bits per heavy atom. The summed E-state index contributed by atoms with van der Waals surface area (Å²) in [6, 6.07) is 16.6. The number of fused-ring (bicyclic) bond motifs is 1. The lowest BCUT2D eigenvalue weighted by atomic mass is 9.91. The Morgan fingerprint density at radius 2 is 1.84 bits per heavy atom. The number of imide groups is 1. The summed E-state index contributed by atoms with van der Waals surface area (Å²) in [5.74, 6) is -0.820. The van der Waals surface area contributed by atoms with Crippen LogP contribution in [0, 0.1) is 6.92 Å². The summed E-state index contributed by atoms with van der Waals surface area (Å²) in [6.07, 6.45) is 2.34. The Hall–Kier alpha value is -3.74. The molecular weight excluding hydrogens is 392 g/mol. The van der Waals surface area contributed by atoms with Crippen LogP contribution in [0.4, 0.5) is 4.79 Å². The quantitative estimate of drug-likeness (QED) is 0.605. The van der Waals surface area contributed by atoms with Crippen molar-refractivity contribution in [2.75, 3.05) is 13.1 Å². The molecule has 0 bridgehead atoms. The first-order valence-corrected chi connectivity index (χ1v) is 10.2. The Balaban J connectivity index is 1.37. The summed E-state index contributed by atoms with van der Waals surface area (Å²) in [7, 11) is 0. The highest BCUT2D eigenvalue weighted by molar-refractivity contribution is 6.09. The second-order valence-electron chi connectivity index (χ2n) is 7.90. The van der Waals surface area contributed by atoms with Crippen LogP contribution in [0.5, 0.6) is 0 Å². The summed E-state index contributed by atoms with van der Waals surface area (Å²) in [6.45, 7) is 3.67. The average molecular weight is 416 g/mol. The van der Waals surface area contributed by atoms with Gasteiger partial charge in [-0.05, 0) is 37.5 Å². The lowest BCUT2D eigenvalue weighted by molar-refractivity contribution is -0.134. The molecule has 2 N–H and O–H groups in total. The van der Waals surface area contributed by atoms with E-state index in [4.69, 9.17) is 0 Å². The molecule has 1 atom stereocenters. The van der Waals surface area contributed by atoms with Gasteiger partial charge < -0.3 is 10.6 Å². The van der Waals surface area contributed by atoms with Crippen molar-refractivity contribution in [3.05, 3.63) is 77.5 Å². The topological polar surface area (TPSA) is 91.4 Å². The molecule has 7 heteroatoms. The molecule has 4 amide bonds. The van der Waals surface area contributed by atoms with Gasteiger partial charge in [-0.25, -0.2) is 4.79 Å². The maximum atomic E-state index is 13.0. The standard InChI is InChI=1S/C24H24N4O3/c1-16-8-10-19(11-9-16)24(2)22(30)28(23(31)27-24)15-20(29)25-14-12-18-6-3-5-17-7-4-13-26-21(17)18/h3-11,13H,12,14-15H2,1-2H3,(H,25,29)(H,27,31). The number of hydrogen-bond acceptors (Lipinski definition) is 4. The normalized spacial score (nSPS) is 18.3. The van der Waals surface area contributed by atoms with Crippen LogP contribution in [0.2, 0.25) is 0 Å². The van der Waals surface area contributed by atoms with Crippen molar-refractivity contribution in [3.63, 3.8) is 0 Å². The lowest BCUT2D eigenvalue weighted by Crippen LogP contribution is -2.43. The number of hydrogen-bond donors (Lipinski definition) is 2. The number of para-hydroxylation sites is 1. The molecule has 0 aliphatic carbocycles. The fourth-order valence-corrected chi connectivity index (χ4v) is 3.83. The second-order valence-corrected chi connectivity index (χ2v) is 7.90. The van der Waals surface area contributed by atoms with Gasteiger partial charge in [0.2, 0.25) is 5.91 Å². The molecule has 1 aliphatic heterocycles. The lowest BCUT2D eigenvalue weighted by Gasteiger charge is -2.22. The van der Waals surface area contributed by atoms with Crippen LogP contribution in [0.15, 0.2) is 60.8 Å². The number of amides is 4. The molecule has 1 fully saturated rings. The first-order valence-electron chi connectivity index (χ1n) is 10.2. The highest BCUT2D eigenvalue weighted by atomic mass is 16.2. The van der Waals surface area contributed by atoms with E-state index in [9.17, 15) is 14.4 Å². The number of aromatic nitrogens is 1. The van der Waals surface area contributed by atoms with E-state index in [2.05, 4.69) is 15.6 Å². The molecule has 2 heterocycles. The zero-order valence-corrected chi connectivity index (χ0v) is 17.5. The van der Waals surface area contributed by atoms with Gasteiger partial charge in [-0.2, -0.15) is 0 Å². The number of carbonyl (C=O) groups is 3. The predicted molar refractivity (Wildman–Crippen MR) is 117 cm³/mol. The third-order valence-electron chi connectivity index (χ3n) is 5.64. The number of rotatable bonds is 6. The summed E-state index contributed by atoms with van der Waals surface area (Å²) < 4.78 is 0. The van der Waals surface area contributed by atoms with Gasteiger partial charge in [-0.3, -0.25) is 19.5 Å². The van der Waals surface area contributed by atoms with Crippen molar-refractivity contribution in [2.24, 2.45) is 0 Å². The van der Waals surface area contributed by atoms with Gasteiger partial charge >= 0.3 is 6.03 Å². The summed E-state index contributed by atoms with van der Waals surface area (Å²) in [5, 5.41) is 6.56. The zero-order valence-electron chi connectivity index (χ0n) is 17.5. The maximum Gasteiger partial charge on any atom is 0.325 e. The summed E-state index contributed by atoms with van der Waals surface area (Å²) >= 11 is 0. The monoisotopic (exact) mass is 416 g/mol. The van der Waals surface area contributed by atoms with Crippen LogP contribution in [0.1, 0.15) is 23.6 Å². The fraction of sp³-hybridized carbons (Fsp3) is 0.250. The van der Waals surface area contributed by atoms with E-state index in [0.717, 1.165) is 26.9 Å². The molecule has 7 nitrogen and oxygen atoms in total. The van der Waals surface area contributed by atoms with Crippen molar-refractivity contribution in [1.82, 2.24) is 20.5 Å². The third-order valence-corrected chi connectivity index (χ3v) is 5.64. The predicted octanol–water partition coefficient (Wildman–Crippen LogP) is 2.67. The average Bonchev–Trinajstić information content (AvgIpc) is 2.98. The minimum Gasteiger partial charge on any atom is -0.354 e. The molecule has 158 valence electrons. The van der Waals surface area contributed by atoms with Gasteiger partial charge in [0.15, 0.2) is 0 Å². The third kappa shape index (κ3) is 3.99. The van der Waals surface area contributed by atoms with Crippen molar-refractivity contribution in [3.8, 4) is 0 Å². The highest BCUT2D eigenvalue weighted by Crippen LogP contribution is 2.28. The van der Waals surface area contributed by atoms with Crippen molar-refractivity contribution < 1.29 is 14.4 Å². The number of nitrogens with one attached hydrogen (secondary N) is 2. The van der Waals surface area contributed by atoms with Gasteiger partial charge in [0.05, 0.1) is 5.52 Å². The molecule has 1 aliphatic rings. The van der Waals surface area contributed by atoms with E-state index in [1.165, 1.54) is 0 Å².